The maximum Gasteiger partial charge on any atom is 0.236 e. The third-order valence-corrected chi connectivity index (χ3v) is 2.87. The quantitative estimate of drug-likeness (QED) is 0.834. The van der Waals surface area contributed by atoms with Crippen LogP contribution in [0, 0.1) is 0 Å². The van der Waals surface area contributed by atoms with E-state index in [1.165, 1.54) is 6.42 Å². The molecule has 15 heavy (non-hydrogen) atoms. The van der Waals surface area contributed by atoms with Gasteiger partial charge in [-0.3, -0.25) is 0 Å². The molecular weight excluding hydrogens is 214 g/mol. The van der Waals surface area contributed by atoms with Crippen molar-refractivity contribution in [3.8, 4) is 5.88 Å². The zero-order chi connectivity index (χ0) is 10.7. The average molecular weight is 228 g/mol. The minimum atomic E-state index is 0.427. The van der Waals surface area contributed by atoms with Crippen molar-refractivity contribution in [2.75, 3.05) is 20.2 Å². The van der Waals surface area contributed by atoms with E-state index in [0.29, 0.717) is 17.0 Å². The molecule has 1 unspecified atom stereocenters. The largest absolute Gasteiger partial charge is 0.480 e. The molecule has 1 aromatic rings. The molecule has 1 aliphatic heterocycles. The summed E-state index contributed by atoms with van der Waals surface area (Å²) in [5, 5.41) is 11.5. The second-order valence-corrected chi connectivity index (χ2v) is 4.06. The molecule has 1 N–H and O–H groups in total. The lowest BCUT2D eigenvalue weighted by atomic mass is 9.93. The second-order valence-electron chi connectivity index (χ2n) is 3.67. The van der Waals surface area contributed by atoms with E-state index in [-0.39, 0.29) is 0 Å². The standard InChI is InChI=1S/C10H14ClN3O/c1-15-10-8(5-9(11)13-14-10)7-3-2-4-12-6-7/h5,7,12H,2-4,6H2,1H3. The third kappa shape index (κ3) is 2.38. The van der Waals surface area contributed by atoms with Gasteiger partial charge in [0.2, 0.25) is 5.88 Å². The highest BCUT2D eigenvalue weighted by Gasteiger charge is 2.20. The molecular formula is C10H14ClN3O. The maximum atomic E-state index is 5.84. The molecule has 0 radical (unpaired) electrons. The molecule has 4 nitrogen and oxygen atoms in total. The Bertz CT molecular complexity index is 339. The summed E-state index contributed by atoms with van der Waals surface area (Å²) in [5.74, 6) is 1.02. The Morgan fingerprint density at radius 3 is 3.07 bits per heavy atom. The van der Waals surface area contributed by atoms with Crippen molar-refractivity contribution in [2.45, 2.75) is 18.8 Å². The summed E-state index contributed by atoms with van der Waals surface area (Å²) in [6.07, 6.45) is 2.32. The number of methoxy groups -OCH3 is 1. The monoisotopic (exact) mass is 227 g/mol. The summed E-state index contributed by atoms with van der Waals surface area (Å²) in [6.45, 7) is 2.05. The first-order chi connectivity index (χ1) is 7.31. The Kier molecular flexibility index (Phi) is 3.38. The molecule has 82 valence electrons. The zero-order valence-corrected chi connectivity index (χ0v) is 9.42. The van der Waals surface area contributed by atoms with Crippen molar-refractivity contribution in [3.63, 3.8) is 0 Å². The van der Waals surface area contributed by atoms with Crippen LogP contribution < -0.4 is 10.1 Å². The van der Waals surface area contributed by atoms with Gasteiger partial charge in [-0.2, -0.15) is 0 Å². The van der Waals surface area contributed by atoms with Gasteiger partial charge in [0.25, 0.3) is 0 Å². The lowest BCUT2D eigenvalue weighted by Gasteiger charge is -2.23. The number of piperidine rings is 1. The van der Waals surface area contributed by atoms with Gasteiger partial charge >= 0.3 is 0 Å². The van der Waals surface area contributed by atoms with E-state index < -0.39 is 0 Å². The number of ether oxygens (including phenoxy) is 1. The van der Waals surface area contributed by atoms with Crippen molar-refractivity contribution in [1.82, 2.24) is 15.5 Å². The van der Waals surface area contributed by atoms with E-state index in [1.54, 1.807) is 7.11 Å². The SMILES string of the molecule is COc1nnc(Cl)cc1C1CCCNC1. The molecule has 0 aromatic carbocycles. The van der Waals surface area contributed by atoms with E-state index in [9.17, 15) is 0 Å². The van der Waals surface area contributed by atoms with E-state index >= 15 is 0 Å². The van der Waals surface area contributed by atoms with Gasteiger partial charge in [0, 0.05) is 18.0 Å². The fraction of sp³-hybridized carbons (Fsp3) is 0.600. The number of halogens is 1. The minimum Gasteiger partial charge on any atom is -0.480 e. The molecule has 0 amide bonds. The topological polar surface area (TPSA) is 47.0 Å². The van der Waals surface area contributed by atoms with E-state index in [0.717, 1.165) is 25.1 Å². The molecule has 0 bridgehead atoms. The fourth-order valence-corrected chi connectivity index (χ4v) is 2.09. The van der Waals surface area contributed by atoms with Crippen molar-refractivity contribution >= 4 is 11.6 Å². The highest BCUT2D eigenvalue weighted by Crippen LogP contribution is 2.30. The highest BCUT2D eigenvalue weighted by molar-refractivity contribution is 6.29. The Balaban J connectivity index is 2.27. The van der Waals surface area contributed by atoms with Gasteiger partial charge in [-0.1, -0.05) is 11.6 Å². The summed E-state index contributed by atoms with van der Waals surface area (Å²) in [7, 11) is 1.61. The molecule has 1 fully saturated rings. The van der Waals surface area contributed by atoms with Crippen LogP contribution in [0.4, 0.5) is 0 Å². The molecule has 5 heteroatoms. The highest BCUT2D eigenvalue weighted by atomic mass is 35.5. The lowest BCUT2D eigenvalue weighted by molar-refractivity contribution is 0.372. The summed E-state index contributed by atoms with van der Waals surface area (Å²) < 4.78 is 5.19. The van der Waals surface area contributed by atoms with E-state index in [1.807, 2.05) is 6.07 Å². The van der Waals surface area contributed by atoms with Gasteiger partial charge in [0.1, 0.15) is 0 Å². The fourth-order valence-electron chi connectivity index (χ4n) is 1.94. The van der Waals surface area contributed by atoms with Crippen LogP contribution in [0.5, 0.6) is 5.88 Å². The first kappa shape index (κ1) is 10.6. The Labute approximate surface area is 94.0 Å². The van der Waals surface area contributed by atoms with Gasteiger partial charge < -0.3 is 10.1 Å². The van der Waals surface area contributed by atoms with Crippen LogP contribution in [0.1, 0.15) is 24.3 Å². The number of nitrogens with zero attached hydrogens (tertiary/aromatic N) is 2. The molecule has 1 saturated heterocycles. The zero-order valence-electron chi connectivity index (χ0n) is 8.66. The molecule has 1 aromatic heterocycles. The number of nitrogens with one attached hydrogen (secondary N) is 1. The van der Waals surface area contributed by atoms with Crippen molar-refractivity contribution in [2.24, 2.45) is 0 Å². The molecule has 0 spiro atoms. The molecule has 2 rings (SSSR count). The van der Waals surface area contributed by atoms with Crippen LogP contribution in [0.3, 0.4) is 0 Å². The summed E-state index contributed by atoms with van der Waals surface area (Å²) in [4.78, 5) is 0. The van der Waals surface area contributed by atoms with Crippen molar-refractivity contribution in [1.29, 1.82) is 0 Å². The van der Waals surface area contributed by atoms with Gasteiger partial charge in [-0.05, 0) is 25.5 Å². The Morgan fingerprint density at radius 2 is 2.40 bits per heavy atom. The van der Waals surface area contributed by atoms with Gasteiger partial charge in [-0.25, -0.2) is 0 Å². The van der Waals surface area contributed by atoms with Gasteiger partial charge in [-0.15, -0.1) is 10.2 Å². The third-order valence-electron chi connectivity index (χ3n) is 2.69. The number of aromatic nitrogens is 2. The minimum absolute atomic E-state index is 0.427. The van der Waals surface area contributed by atoms with Crippen molar-refractivity contribution in [3.05, 3.63) is 16.8 Å². The van der Waals surface area contributed by atoms with Crippen molar-refractivity contribution < 1.29 is 4.74 Å². The van der Waals surface area contributed by atoms with Crippen LogP contribution in [0.2, 0.25) is 5.15 Å². The average Bonchev–Trinajstić information content (AvgIpc) is 2.30. The van der Waals surface area contributed by atoms with Crippen LogP contribution in [-0.2, 0) is 0 Å². The van der Waals surface area contributed by atoms with Gasteiger partial charge in [0.05, 0.1) is 7.11 Å². The molecule has 2 heterocycles. The summed E-state index contributed by atoms with van der Waals surface area (Å²) in [5.41, 5.74) is 1.06. The smallest absolute Gasteiger partial charge is 0.236 e. The molecule has 0 saturated carbocycles. The number of rotatable bonds is 2. The predicted molar refractivity (Wildman–Crippen MR) is 58.4 cm³/mol. The predicted octanol–water partition coefficient (Wildman–Crippen LogP) is 1.61. The normalized spacial score (nSPS) is 21.3. The summed E-state index contributed by atoms with van der Waals surface area (Å²) in [6, 6.07) is 1.85. The molecule has 1 aliphatic rings. The Morgan fingerprint density at radius 1 is 1.53 bits per heavy atom. The van der Waals surface area contributed by atoms with E-state index in [4.69, 9.17) is 16.3 Å². The molecule has 1 atom stereocenters. The number of hydrogen-bond donors (Lipinski definition) is 1. The maximum absolute atomic E-state index is 5.84. The second kappa shape index (κ2) is 4.77. The van der Waals surface area contributed by atoms with Gasteiger partial charge in [0.15, 0.2) is 5.15 Å². The van der Waals surface area contributed by atoms with Crippen LogP contribution in [0.15, 0.2) is 6.07 Å². The van der Waals surface area contributed by atoms with Crippen LogP contribution in [0.25, 0.3) is 0 Å². The summed E-state index contributed by atoms with van der Waals surface area (Å²) >= 11 is 5.84. The first-order valence-electron chi connectivity index (χ1n) is 5.09. The molecule has 0 aliphatic carbocycles. The first-order valence-corrected chi connectivity index (χ1v) is 5.47. The Hall–Kier alpha value is -0.870. The lowest BCUT2D eigenvalue weighted by Crippen LogP contribution is -2.28. The van der Waals surface area contributed by atoms with Crippen LogP contribution in [-0.4, -0.2) is 30.4 Å². The van der Waals surface area contributed by atoms with Crippen LogP contribution >= 0.6 is 11.6 Å². The number of hydrogen-bond acceptors (Lipinski definition) is 4. The van der Waals surface area contributed by atoms with E-state index in [2.05, 4.69) is 15.5 Å².